The van der Waals surface area contributed by atoms with Crippen molar-refractivity contribution in [2.45, 2.75) is 19.1 Å². The molecule has 0 spiro atoms. The maximum atomic E-state index is 9.27. The molecule has 0 fully saturated rings. The van der Waals surface area contributed by atoms with Crippen molar-refractivity contribution in [3.8, 4) is 0 Å². The zero-order chi connectivity index (χ0) is 10.0. The van der Waals surface area contributed by atoms with Gasteiger partial charge in [0.05, 0.1) is 22.9 Å². The van der Waals surface area contributed by atoms with Gasteiger partial charge in [0.15, 0.2) is 0 Å². The lowest BCUT2D eigenvalue weighted by Crippen LogP contribution is -2.24. The molecule has 0 saturated heterocycles. The summed E-state index contributed by atoms with van der Waals surface area (Å²) in [5.41, 5.74) is 12.5. The van der Waals surface area contributed by atoms with Crippen LogP contribution in [0.3, 0.4) is 0 Å². The summed E-state index contributed by atoms with van der Waals surface area (Å²) in [5, 5.41) is 9.73. The number of benzene rings is 1. The smallest absolute Gasteiger partial charge is 0.0705 e. The van der Waals surface area contributed by atoms with Crippen LogP contribution in [0.1, 0.15) is 18.5 Å². The van der Waals surface area contributed by atoms with Gasteiger partial charge < -0.3 is 16.6 Å². The Hall–Kier alpha value is -0.770. The highest BCUT2D eigenvalue weighted by molar-refractivity contribution is 6.33. The largest absolute Gasteiger partial charge is 0.397 e. The zero-order valence-corrected chi connectivity index (χ0v) is 8.12. The van der Waals surface area contributed by atoms with E-state index in [-0.39, 0.29) is 0 Å². The molecule has 5 N–H and O–H groups in total. The van der Waals surface area contributed by atoms with Crippen LogP contribution in [0.2, 0.25) is 5.02 Å². The van der Waals surface area contributed by atoms with Gasteiger partial charge >= 0.3 is 0 Å². The lowest BCUT2D eigenvalue weighted by atomic mass is 10.0. The molecular formula is C9H13ClN2O. The van der Waals surface area contributed by atoms with E-state index in [0.29, 0.717) is 16.3 Å². The predicted octanol–water partition coefficient (Wildman–Crippen LogP) is 1.30. The molecule has 1 aromatic rings. The van der Waals surface area contributed by atoms with Crippen molar-refractivity contribution in [3.05, 3.63) is 28.8 Å². The molecule has 0 unspecified atom stereocenters. The summed E-state index contributed by atoms with van der Waals surface area (Å²) in [6, 6.07) is 4.73. The SMILES string of the molecule is C[C@@H](O)[C@H](N)c1cccc(Cl)c1N. The summed E-state index contributed by atoms with van der Waals surface area (Å²) >= 11 is 5.80. The Balaban J connectivity index is 3.07. The van der Waals surface area contributed by atoms with Crippen molar-refractivity contribution < 1.29 is 5.11 Å². The van der Waals surface area contributed by atoms with Gasteiger partial charge in [-0.1, -0.05) is 23.7 Å². The molecule has 0 heterocycles. The maximum Gasteiger partial charge on any atom is 0.0705 e. The highest BCUT2D eigenvalue weighted by Crippen LogP contribution is 2.27. The van der Waals surface area contributed by atoms with E-state index in [1.807, 2.05) is 0 Å². The third-order valence-electron chi connectivity index (χ3n) is 1.97. The monoisotopic (exact) mass is 200 g/mol. The number of hydrogen-bond acceptors (Lipinski definition) is 3. The van der Waals surface area contributed by atoms with Crippen LogP contribution in [-0.2, 0) is 0 Å². The van der Waals surface area contributed by atoms with Crippen molar-refractivity contribution in [1.82, 2.24) is 0 Å². The second-order valence-corrected chi connectivity index (χ2v) is 3.42. The van der Waals surface area contributed by atoms with Crippen molar-refractivity contribution in [3.63, 3.8) is 0 Å². The molecule has 1 rings (SSSR count). The lowest BCUT2D eigenvalue weighted by molar-refractivity contribution is 0.164. The second kappa shape index (κ2) is 3.96. The number of para-hydroxylation sites is 1. The van der Waals surface area contributed by atoms with Gasteiger partial charge in [0.1, 0.15) is 0 Å². The summed E-state index contributed by atoms with van der Waals surface area (Å²) < 4.78 is 0. The molecule has 2 atom stereocenters. The van der Waals surface area contributed by atoms with E-state index in [0.717, 1.165) is 0 Å². The average Bonchev–Trinajstić information content (AvgIpc) is 2.08. The maximum absolute atomic E-state index is 9.27. The molecule has 0 aliphatic carbocycles. The van der Waals surface area contributed by atoms with Crippen molar-refractivity contribution >= 4 is 17.3 Å². The predicted molar refractivity (Wildman–Crippen MR) is 54.5 cm³/mol. The number of hydrogen-bond donors (Lipinski definition) is 3. The van der Waals surface area contributed by atoms with E-state index in [1.165, 1.54) is 0 Å². The molecule has 4 heteroatoms. The van der Waals surface area contributed by atoms with Crippen molar-refractivity contribution in [2.75, 3.05) is 5.73 Å². The average molecular weight is 201 g/mol. The van der Waals surface area contributed by atoms with Crippen LogP contribution < -0.4 is 11.5 Å². The molecule has 0 aromatic heterocycles. The van der Waals surface area contributed by atoms with Crippen LogP contribution in [0.4, 0.5) is 5.69 Å². The van der Waals surface area contributed by atoms with E-state index >= 15 is 0 Å². The van der Waals surface area contributed by atoms with Gasteiger partial charge in [-0.3, -0.25) is 0 Å². The third kappa shape index (κ3) is 2.12. The number of nitrogens with two attached hydrogens (primary N) is 2. The fraction of sp³-hybridized carbons (Fsp3) is 0.333. The quantitative estimate of drug-likeness (QED) is 0.631. The van der Waals surface area contributed by atoms with Crippen LogP contribution >= 0.6 is 11.6 Å². The summed E-state index contributed by atoms with van der Waals surface area (Å²) in [5.74, 6) is 0. The molecule has 1 aromatic carbocycles. The number of anilines is 1. The summed E-state index contributed by atoms with van der Waals surface area (Å²) in [4.78, 5) is 0. The van der Waals surface area contributed by atoms with Gasteiger partial charge in [-0.15, -0.1) is 0 Å². The van der Waals surface area contributed by atoms with Crippen LogP contribution in [0.5, 0.6) is 0 Å². The summed E-state index contributed by atoms with van der Waals surface area (Å²) in [7, 11) is 0. The lowest BCUT2D eigenvalue weighted by Gasteiger charge is -2.17. The fourth-order valence-electron chi connectivity index (χ4n) is 1.10. The molecule has 13 heavy (non-hydrogen) atoms. The second-order valence-electron chi connectivity index (χ2n) is 3.01. The van der Waals surface area contributed by atoms with Crippen LogP contribution in [0, 0.1) is 0 Å². The Morgan fingerprint density at radius 1 is 1.46 bits per heavy atom. The van der Waals surface area contributed by atoms with Gasteiger partial charge in [0, 0.05) is 0 Å². The van der Waals surface area contributed by atoms with E-state index in [2.05, 4.69) is 0 Å². The van der Waals surface area contributed by atoms with Gasteiger partial charge in [-0.2, -0.15) is 0 Å². The third-order valence-corrected chi connectivity index (χ3v) is 2.30. The normalized spacial score (nSPS) is 15.4. The number of halogens is 1. The molecule has 0 aliphatic heterocycles. The highest BCUT2D eigenvalue weighted by Gasteiger charge is 2.15. The Labute approximate surface area is 82.3 Å². The number of aliphatic hydroxyl groups excluding tert-OH is 1. The van der Waals surface area contributed by atoms with Gasteiger partial charge in [0.25, 0.3) is 0 Å². The van der Waals surface area contributed by atoms with Crippen molar-refractivity contribution in [1.29, 1.82) is 0 Å². The Morgan fingerprint density at radius 2 is 2.08 bits per heavy atom. The van der Waals surface area contributed by atoms with Crippen molar-refractivity contribution in [2.24, 2.45) is 5.73 Å². The summed E-state index contributed by atoms with van der Waals surface area (Å²) in [6.45, 7) is 1.62. The number of rotatable bonds is 2. The van der Waals surface area contributed by atoms with E-state index < -0.39 is 12.1 Å². The standard InChI is InChI=1S/C9H13ClN2O/c1-5(13)8(11)6-3-2-4-7(10)9(6)12/h2-5,8,13H,11-12H2,1H3/t5-,8+/m1/s1. The first-order chi connectivity index (χ1) is 6.04. The molecular weight excluding hydrogens is 188 g/mol. The molecule has 0 bridgehead atoms. The van der Waals surface area contributed by atoms with Crippen LogP contribution in [0.25, 0.3) is 0 Å². The first kappa shape index (κ1) is 10.3. The molecule has 0 amide bonds. The Kier molecular flexibility index (Phi) is 3.14. The summed E-state index contributed by atoms with van der Waals surface area (Å²) in [6.07, 6.45) is -0.638. The zero-order valence-electron chi connectivity index (χ0n) is 7.37. The van der Waals surface area contributed by atoms with E-state index in [9.17, 15) is 5.11 Å². The number of aliphatic hydroxyl groups is 1. The number of nitrogen functional groups attached to an aromatic ring is 1. The van der Waals surface area contributed by atoms with Crippen LogP contribution in [-0.4, -0.2) is 11.2 Å². The minimum absolute atomic E-state index is 0.442. The minimum Gasteiger partial charge on any atom is -0.397 e. The molecule has 72 valence electrons. The van der Waals surface area contributed by atoms with Gasteiger partial charge in [-0.25, -0.2) is 0 Å². The molecule has 0 radical (unpaired) electrons. The minimum atomic E-state index is -0.638. The van der Waals surface area contributed by atoms with E-state index in [4.69, 9.17) is 23.1 Å². The molecule has 0 saturated carbocycles. The first-order valence-corrected chi connectivity index (χ1v) is 4.39. The van der Waals surface area contributed by atoms with E-state index in [1.54, 1.807) is 25.1 Å². The fourth-order valence-corrected chi connectivity index (χ4v) is 1.29. The Morgan fingerprint density at radius 3 is 2.62 bits per heavy atom. The van der Waals surface area contributed by atoms with Crippen LogP contribution in [0.15, 0.2) is 18.2 Å². The molecule has 0 aliphatic rings. The van der Waals surface area contributed by atoms with Gasteiger partial charge in [-0.05, 0) is 18.6 Å². The molecule has 3 nitrogen and oxygen atoms in total. The highest BCUT2D eigenvalue weighted by atomic mass is 35.5. The van der Waals surface area contributed by atoms with Gasteiger partial charge in [0.2, 0.25) is 0 Å². The Bertz CT molecular complexity index is 302. The topological polar surface area (TPSA) is 72.3 Å². The first-order valence-electron chi connectivity index (χ1n) is 4.01.